The zero-order chi connectivity index (χ0) is 17.0. The Morgan fingerprint density at radius 1 is 1.35 bits per heavy atom. The fourth-order valence-electron chi connectivity index (χ4n) is 2.39. The normalized spacial score (nSPS) is 17.8. The molecule has 0 saturated carbocycles. The van der Waals surface area contributed by atoms with Crippen LogP contribution in [0.25, 0.3) is 6.08 Å². The van der Waals surface area contributed by atoms with Gasteiger partial charge in [-0.15, -0.1) is 0 Å². The van der Waals surface area contributed by atoms with Gasteiger partial charge in [-0.05, 0) is 30.0 Å². The summed E-state index contributed by atoms with van der Waals surface area (Å²) < 4.78 is 0.312. The molecule has 23 heavy (non-hydrogen) atoms. The van der Waals surface area contributed by atoms with Crippen molar-refractivity contribution in [1.82, 2.24) is 4.90 Å². The van der Waals surface area contributed by atoms with Crippen LogP contribution < -0.4 is 0 Å². The molecule has 1 aliphatic rings. The van der Waals surface area contributed by atoms with E-state index in [2.05, 4.69) is 6.92 Å². The Balaban J connectivity index is 2.25. The molecule has 1 aromatic carbocycles. The van der Waals surface area contributed by atoms with Gasteiger partial charge < -0.3 is 5.11 Å². The van der Waals surface area contributed by atoms with E-state index in [1.165, 1.54) is 10.5 Å². The van der Waals surface area contributed by atoms with Crippen LogP contribution in [0.1, 0.15) is 37.8 Å². The van der Waals surface area contributed by atoms with Gasteiger partial charge in [0.05, 0.1) is 4.91 Å². The van der Waals surface area contributed by atoms with E-state index in [1.54, 1.807) is 6.08 Å². The highest BCUT2D eigenvalue weighted by Gasteiger charge is 2.39. The molecule has 1 N–H and O–H groups in total. The number of carboxylic acids is 1. The van der Waals surface area contributed by atoms with Crippen LogP contribution in [0, 0.1) is 0 Å². The van der Waals surface area contributed by atoms with E-state index < -0.39 is 12.0 Å². The summed E-state index contributed by atoms with van der Waals surface area (Å²) in [5, 5.41) is 9.35. The minimum absolute atomic E-state index is 0.312. The zero-order valence-electron chi connectivity index (χ0n) is 13.1. The molecule has 0 radical (unpaired) electrons. The van der Waals surface area contributed by atoms with E-state index >= 15 is 0 Å². The minimum atomic E-state index is -1.02. The van der Waals surface area contributed by atoms with E-state index in [1.807, 2.05) is 31.2 Å². The monoisotopic (exact) mass is 349 g/mol. The molecular formula is C17H19NO3S2. The van der Waals surface area contributed by atoms with Gasteiger partial charge in [-0.25, -0.2) is 4.79 Å². The molecule has 0 bridgehead atoms. The van der Waals surface area contributed by atoms with Gasteiger partial charge in [-0.3, -0.25) is 9.69 Å². The molecule has 1 atom stereocenters. The second-order valence-electron chi connectivity index (χ2n) is 5.29. The molecule has 1 heterocycles. The van der Waals surface area contributed by atoms with Crippen LogP contribution >= 0.6 is 24.0 Å². The molecule has 0 aliphatic carbocycles. The van der Waals surface area contributed by atoms with Crippen LogP contribution in [0.3, 0.4) is 0 Å². The Morgan fingerprint density at radius 2 is 2.00 bits per heavy atom. The fraction of sp³-hybridized carbons (Fsp3) is 0.353. The van der Waals surface area contributed by atoms with Crippen molar-refractivity contribution in [2.24, 2.45) is 0 Å². The molecule has 1 aromatic rings. The van der Waals surface area contributed by atoms with Crippen LogP contribution in [-0.2, 0) is 16.0 Å². The summed E-state index contributed by atoms with van der Waals surface area (Å²) in [7, 11) is 0. The molecular weight excluding hydrogens is 330 g/mol. The van der Waals surface area contributed by atoms with Gasteiger partial charge in [-0.1, -0.05) is 68.5 Å². The van der Waals surface area contributed by atoms with E-state index in [9.17, 15) is 14.7 Å². The smallest absolute Gasteiger partial charge is 0.326 e. The highest BCUT2D eigenvalue weighted by molar-refractivity contribution is 8.26. The first kappa shape index (κ1) is 17.7. The number of carboxylic acid groups (broad SMARTS) is 1. The Kier molecular flexibility index (Phi) is 5.96. The van der Waals surface area contributed by atoms with Crippen LogP contribution in [0.2, 0.25) is 0 Å². The van der Waals surface area contributed by atoms with Crippen molar-refractivity contribution in [1.29, 1.82) is 0 Å². The highest BCUT2D eigenvalue weighted by atomic mass is 32.2. The number of carbonyl (C=O) groups excluding carboxylic acids is 1. The molecule has 2 rings (SSSR count). The van der Waals surface area contributed by atoms with Crippen LogP contribution in [-0.4, -0.2) is 32.2 Å². The lowest BCUT2D eigenvalue weighted by Crippen LogP contribution is -2.43. The predicted molar refractivity (Wildman–Crippen MR) is 97.2 cm³/mol. The number of hydrogen-bond donors (Lipinski definition) is 1. The summed E-state index contributed by atoms with van der Waals surface area (Å²) in [4.78, 5) is 25.7. The van der Waals surface area contributed by atoms with Gasteiger partial charge in [0.15, 0.2) is 0 Å². The number of amides is 1. The molecule has 0 aromatic heterocycles. The van der Waals surface area contributed by atoms with E-state index in [0.717, 1.165) is 23.7 Å². The Hall–Kier alpha value is -1.66. The number of thiocarbonyl (C=S) groups is 1. The average molecular weight is 349 g/mol. The Labute approximate surface area is 145 Å². The van der Waals surface area contributed by atoms with Gasteiger partial charge in [0.25, 0.3) is 5.91 Å². The predicted octanol–water partition coefficient (Wildman–Crippen LogP) is 3.70. The number of rotatable bonds is 6. The van der Waals surface area contributed by atoms with E-state index in [-0.39, 0.29) is 5.91 Å². The lowest BCUT2D eigenvalue weighted by atomic mass is 10.1. The topological polar surface area (TPSA) is 57.6 Å². The second kappa shape index (κ2) is 7.75. The van der Waals surface area contributed by atoms with Crippen molar-refractivity contribution >= 4 is 46.3 Å². The van der Waals surface area contributed by atoms with Crippen molar-refractivity contribution < 1.29 is 14.7 Å². The van der Waals surface area contributed by atoms with Crippen molar-refractivity contribution in [3.05, 3.63) is 40.3 Å². The van der Waals surface area contributed by atoms with Gasteiger partial charge in [0, 0.05) is 0 Å². The number of benzene rings is 1. The summed E-state index contributed by atoms with van der Waals surface area (Å²) in [5.74, 6) is -1.34. The number of nitrogens with zero attached hydrogens (tertiary/aromatic N) is 1. The second-order valence-corrected chi connectivity index (χ2v) is 6.97. The van der Waals surface area contributed by atoms with Gasteiger partial charge in [-0.2, -0.15) is 0 Å². The summed E-state index contributed by atoms with van der Waals surface area (Å²) in [6.45, 7) is 3.97. The summed E-state index contributed by atoms with van der Waals surface area (Å²) in [6.07, 6.45) is 3.79. The van der Waals surface area contributed by atoms with E-state index in [0.29, 0.717) is 22.1 Å². The lowest BCUT2D eigenvalue weighted by molar-refractivity contribution is -0.145. The van der Waals surface area contributed by atoms with Crippen molar-refractivity contribution in [2.45, 2.75) is 39.2 Å². The first-order chi connectivity index (χ1) is 11.0. The number of thioether (sulfide) groups is 1. The van der Waals surface area contributed by atoms with Crippen molar-refractivity contribution in [3.8, 4) is 0 Å². The maximum absolute atomic E-state index is 12.6. The highest BCUT2D eigenvalue weighted by Crippen LogP contribution is 2.34. The Morgan fingerprint density at radius 3 is 2.52 bits per heavy atom. The van der Waals surface area contributed by atoms with Crippen LogP contribution in [0.5, 0.6) is 0 Å². The first-order valence-electron chi connectivity index (χ1n) is 7.56. The maximum Gasteiger partial charge on any atom is 0.326 e. The molecule has 122 valence electrons. The number of carbonyl (C=O) groups is 2. The summed E-state index contributed by atoms with van der Waals surface area (Å²) >= 11 is 6.39. The molecule has 1 fully saturated rings. The number of aliphatic carboxylic acids is 1. The van der Waals surface area contributed by atoms with Gasteiger partial charge in [0.2, 0.25) is 0 Å². The third kappa shape index (κ3) is 4.00. The summed E-state index contributed by atoms with van der Waals surface area (Å²) in [5.41, 5.74) is 2.13. The molecule has 1 amide bonds. The fourth-order valence-corrected chi connectivity index (χ4v) is 3.74. The Bertz CT molecular complexity index is 652. The number of hydrogen-bond acceptors (Lipinski definition) is 4. The molecule has 1 unspecified atom stereocenters. The number of aryl methyl sites for hydroxylation is 1. The minimum Gasteiger partial charge on any atom is -0.480 e. The summed E-state index contributed by atoms with van der Waals surface area (Å²) in [6, 6.07) is 7.05. The van der Waals surface area contributed by atoms with Crippen LogP contribution in [0.4, 0.5) is 0 Å². The SMILES string of the molecule is CCCC(C(=O)O)N1C(=O)C(=Cc2ccc(CC)cc2)SC1=S. The van der Waals surface area contributed by atoms with Crippen molar-refractivity contribution in [2.75, 3.05) is 0 Å². The van der Waals surface area contributed by atoms with Gasteiger partial charge in [0.1, 0.15) is 10.4 Å². The maximum atomic E-state index is 12.6. The van der Waals surface area contributed by atoms with E-state index in [4.69, 9.17) is 12.2 Å². The first-order valence-corrected chi connectivity index (χ1v) is 8.79. The molecule has 6 heteroatoms. The molecule has 1 saturated heterocycles. The molecule has 1 aliphatic heterocycles. The zero-order valence-corrected chi connectivity index (χ0v) is 14.7. The molecule has 0 spiro atoms. The molecule has 4 nitrogen and oxygen atoms in total. The average Bonchev–Trinajstić information content (AvgIpc) is 2.80. The van der Waals surface area contributed by atoms with Crippen molar-refractivity contribution in [3.63, 3.8) is 0 Å². The lowest BCUT2D eigenvalue weighted by Gasteiger charge is -2.22. The standard InChI is InChI=1S/C17H19NO3S2/c1-3-5-13(16(20)21)18-15(19)14(23-17(18)22)10-12-8-6-11(4-2)7-9-12/h6-10,13H,3-5H2,1-2H3,(H,20,21). The third-order valence-corrected chi connectivity index (χ3v) is 5.00. The van der Waals surface area contributed by atoms with Gasteiger partial charge >= 0.3 is 5.97 Å². The van der Waals surface area contributed by atoms with Crippen LogP contribution in [0.15, 0.2) is 29.2 Å². The largest absolute Gasteiger partial charge is 0.480 e. The quantitative estimate of drug-likeness (QED) is 0.627. The third-order valence-electron chi connectivity index (χ3n) is 3.67.